The van der Waals surface area contributed by atoms with Gasteiger partial charge in [0, 0.05) is 31.9 Å². The lowest BCUT2D eigenvalue weighted by Crippen LogP contribution is -2.12. The monoisotopic (exact) mass is 252 g/mol. The van der Waals surface area contributed by atoms with Gasteiger partial charge in [0.05, 0.1) is 11.3 Å². The number of rotatable bonds is 3. The minimum absolute atomic E-state index is 0.00869. The number of thiocarbonyl (C=S) groups is 1. The number of anilines is 1. The summed E-state index contributed by atoms with van der Waals surface area (Å²) >= 11 is 4.96. The van der Waals surface area contributed by atoms with Gasteiger partial charge < -0.3 is 10.2 Å². The van der Waals surface area contributed by atoms with Gasteiger partial charge in [0.1, 0.15) is 0 Å². The van der Waals surface area contributed by atoms with Gasteiger partial charge in [-0.1, -0.05) is 6.07 Å². The molecule has 1 aromatic carbocycles. The highest BCUT2D eigenvalue weighted by Gasteiger charge is 2.05. The Balaban J connectivity index is 2.72. The highest BCUT2D eigenvalue weighted by molar-refractivity contribution is 7.80. The Labute approximate surface area is 104 Å². The number of nitro benzene ring substituents is 1. The highest BCUT2D eigenvalue weighted by Crippen LogP contribution is 2.16. The Hall–Kier alpha value is -2.02. The van der Waals surface area contributed by atoms with Gasteiger partial charge in [-0.25, -0.2) is 4.99 Å². The summed E-state index contributed by atoms with van der Waals surface area (Å²) in [6.07, 6.45) is 1.55. The quantitative estimate of drug-likeness (QED) is 0.292. The molecule has 0 saturated heterocycles. The molecule has 0 radical (unpaired) electrons. The Kier molecular flexibility index (Phi) is 4.53. The molecule has 0 amide bonds. The summed E-state index contributed by atoms with van der Waals surface area (Å²) in [5.74, 6) is 0. The van der Waals surface area contributed by atoms with Crippen molar-refractivity contribution < 1.29 is 4.92 Å². The van der Waals surface area contributed by atoms with E-state index in [4.69, 9.17) is 12.2 Å². The van der Waals surface area contributed by atoms with E-state index in [-0.39, 0.29) is 10.8 Å². The van der Waals surface area contributed by atoms with E-state index in [1.54, 1.807) is 23.4 Å². The number of hydrogen-bond acceptors (Lipinski definition) is 3. The number of hydrogen-bond donors (Lipinski definition) is 1. The molecule has 1 rings (SSSR count). The fraction of sp³-hybridized carbons (Fsp3) is 0.200. The fourth-order valence-corrected chi connectivity index (χ4v) is 1.19. The molecule has 0 atom stereocenters. The first kappa shape index (κ1) is 13.0. The maximum atomic E-state index is 10.6. The summed E-state index contributed by atoms with van der Waals surface area (Å²) in [4.78, 5) is 15.8. The van der Waals surface area contributed by atoms with Gasteiger partial charge in [-0.15, -0.1) is 0 Å². The predicted molar refractivity (Wildman–Crippen MR) is 71.5 cm³/mol. The Morgan fingerprint density at radius 1 is 1.59 bits per heavy atom. The molecule has 0 heterocycles. The zero-order valence-electron chi connectivity index (χ0n) is 9.45. The lowest BCUT2D eigenvalue weighted by molar-refractivity contribution is -0.384. The third kappa shape index (κ3) is 4.56. The number of benzene rings is 1. The summed E-state index contributed by atoms with van der Waals surface area (Å²) in [5.41, 5.74) is 0.550. The number of non-ortho nitro benzene ring substituents is 1. The first-order valence-corrected chi connectivity index (χ1v) is 5.16. The highest BCUT2D eigenvalue weighted by atomic mass is 32.1. The van der Waals surface area contributed by atoms with Gasteiger partial charge in [0.25, 0.3) is 5.69 Å². The van der Waals surface area contributed by atoms with Crippen LogP contribution in [0.5, 0.6) is 0 Å². The van der Waals surface area contributed by atoms with Crippen LogP contribution in [0.15, 0.2) is 29.3 Å². The van der Waals surface area contributed by atoms with Crippen LogP contribution in [-0.4, -0.2) is 35.4 Å². The molecule has 0 spiro atoms. The molecule has 0 aromatic heterocycles. The molecule has 7 heteroatoms. The van der Waals surface area contributed by atoms with Crippen LogP contribution in [0.25, 0.3) is 0 Å². The van der Waals surface area contributed by atoms with Crippen molar-refractivity contribution >= 4 is 35.0 Å². The number of nitro groups is 1. The van der Waals surface area contributed by atoms with E-state index in [0.29, 0.717) is 5.69 Å². The van der Waals surface area contributed by atoms with E-state index in [2.05, 4.69) is 10.3 Å². The lowest BCUT2D eigenvalue weighted by Gasteiger charge is -2.05. The lowest BCUT2D eigenvalue weighted by atomic mass is 10.3. The van der Waals surface area contributed by atoms with Crippen LogP contribution in [0.4, 0.5) is 11.4 Å². The van der Waals surface area contributed by atoms with Crippen molar-refractivity contribution in [1.29, 1.82) is 0 Å². The average molecular weight is 252 g/mol. The van der Waals surface area contributed by atoms with Crippen LogP contribution in [0, 0.1) is 10.1 Å². The number of aliphatic imine (C=N–C) groups is 1. The molecule has 1 N–H and O–H groups in total. The molecule has 0 aliphatic heterocycles. The van der Waals surface area contributed by atoms with Gasteiger partial charge in [0.15, 0.2) is 5.11 Å². The largest absolute Gasteiger partial charge is 0.369 e. The molecule has 0 aliphatic rings. The van der Waals surface area contributed by atoms with Crippen molar-refractivity contribution in [1.82, 2.24) is 4.90 Å². The molecule has 0 aliphatic carbocycles. The average Bonchev–Trinajstić information content (AvgIpc) is 2.26. The summed E-state index contributed by atoms with van der Waals surface area (Å²) in [6, 6.07) is 6.08. The van der Waals surface area contributed by atoms with Gasteiger partial charge in [-0.3, -0.25) is 10.1 Å². The van der Waals surface area contributed by atoms with Crippen LogP contribution in [0.2, 0.25) is 0 Å². The van der Waals surface area contributed by atoms with Gasteiger partial charge in [-0.05, 0) is 18.3 Å². The van der Waals surface area contributed by atoms with Crippen LogP contribution in [0.3, 0.4) is 0 Å². The molecule has 0 fully saturated rings. The first-order valence-electron chi connectivity index (χ1n) is 4.75. The molecule has 0 unspecified atom stereocenters. The van der Waals surface area contributed by atoms with Crippen LogP contribution < -0.4 is 5.32 Å². The van der Waals surface area contributed by atoms with Crippen molar-refractivity contribution in [3.05, 3.63) is 34.4 Å². The Morgan fingerprint density at radius 2 is 2.29 bits per heavy atom. The maximum absolute atomic E-state index is 10.6. The SMILES string of the molecule is CN(C)/C=N\C(=S)Nc1cccc([N+](=O)[O-])c1. The molecule has 17 heavy (non-hydrogen) atoms. The second kappa shape index (κ2) is 5.90. The van der Waals surface area contributed by atoms with E-state index in [1.165, 1.54) is 12.1 Å². The summed E-state index contributed by atoms with van der Waals surface area (Å²) in [7, 11) is 3.64. The van der Waals surface area contributed by atoms with Gasteiger partial charge in [0.2, 0.25) is 0 Å². The predicted octanol–water partition coefficient (Wildman–Crippen LogP) is 1.88. The molecule has 6 nitrogen and oxygen atoms in total. The molecule has 0 saturated carbocycles. The molecule has 90 valence electrons. The number of nitrogens with zero attached hydrogens (tertiary/aromatic N) is 3. The standard InChI is InChI=1S/C10H12N4O2S/c1-13(2)7-11-10(17)12-8-4-3-5-9(6-8)14(15)16/h3-7H,1-2H3,(H,12,17)/b11-7-. The van der Waals surface area contributed by atoms with Crippen molar-refractivity contribution in [2.45, 2.75) is 0 Å². The van der Waals surface area contributed by atoms with Crippen LogP contribution in [0.1, 0.15) is 0 Å². The van der Waals surface area contributed by atoms with E-state index in [1.807, 2.05) is 14.1 Å². The van der Waals surface area contributed by atoms with E-state index >= 15 is 0 Å². The third-order valence-electron chi connectivity index (χ3n) is 1.71. The smallest absolute Gasteiger partial charge is 0.271 e. The van der Waals surface area contributed by atoms with Gasteiger partial charge >= 0.3 is 0 Å². The zero-order chi connectivity index (χ0) is 12.8. The second-order valence-corrected chi connectivity index (χ2v) is 3.83. The zero-order valence-corrected chi connectivity index (χ0v) is 10.3. The van der Waals surface area contributed by atoms with Crippen LogP contribution >= 0.6 is 12.2 Å². The molecular weight excluding hydrogens is 240 g/mol. The minimum atomic E-state index is -0.461. The van der Waals surface area contributed by atoms with Crippen molar-refractivity contribution in [3.8, 4) is 0 Å². The topological polar surface area (TPSA) is 70.8 Å². The summed E-state index contributed by atoms with van der Waals surface area (Å²) in [6.45, 7) is 0. The van der Waals surface area contributed by atoms with Crippen LogP contribution in [-0.2, 0) is 0 Å². The van der Waals surface area contributed by atoms with Crippen molar-refractivity contribution in [3.63, 3.8) is 0 Å². The first-order chi connectivity index (χ1) is 7.99. The van der Waals surface area contributed by atoms with E-state index in [0.717, 1.165) is 0 Å². The van der Waals surface area contributed by atoms with Crippen molar-refractivity contribution in [2.24, 2.45) is 4.99 Å². The molecule has 1 aromatic rings. The minimum Gasteiger partial charge on any atom is -0.369 e. The Morgan fingerprint density at radius 3 is 2.88 bits per heavy atom. The second-order valence-electron chi connectivity index (χ2n) is 3.45. The van der Waals surface area contributed by atoms with E-state index in [9.17, 15) is 10.1 Å². The molecule has 0 bridgehead atoms. The number of nitrogens with one attached hydrogen (secondary N) is 1. The van der Waals surface area contributed by atoms with Crippen molar-refractivity contribution in [2.75, 3.05) is 19.4 Å². The normalized spacial score (nSPS) is 10.2. The summed E-state index contributed by atoms with van der Waals surface area (Å²) in [5, 5.41) is 13.6. The third-order valence-corrected chi connectivity index (χ3v) is 1.92. The molecular formula is C10H12N4O2S. The Bertz CT molecular complexity index is 459. The fourth-order valence-electron chi connectivity index (χ4n) is 1.02. The van der Waals surface area contributed by atoms with E-state index < -0.39 is 4.92 Å². The maximum Gasteiger partial charge on any atom is 0.271 e. The van der Waals surface area contributed by atoms with Gasteiger partial charge in [-0.2, -0.15) is 0 Å². The summed E-state index contributed by atoms with van der Waals surface area (Å²) < 4.78 is 0.